The number of carbonyl (C=O) groups excluding carboxylic acids is 2. The van der Waals surface area contributed by atoms with Crippen molar-refractivity contribution in [2.45, 2.75) is 6.92 Å². The summed E-state index contributed by atoms with van der Waals surface area (Å²) >= 11 is 5.83. The zero-order valence-electron chi connectivity index (χ0n) is 11.6. The van der Waals surface area contributed by atoms with Gasteiger partial charge in [-0.25, -0.2) is 4.79 Å². The van der Waals surface area contributed by atoms with Crippen LogP contribution in [-0.2, 0) is 9.53 Å². The molecule has 0 aliphatic heterocycles. The number of fused-ring (bicyclic) bond motifs is 1. The number of carbonyl (C=O) groups is 2. The number of halogens is 1. The fraction of sp³-hybridized carbons (Fsp3) is 0.133. The lowest BCUT2D eigenvalue weighted by atomic mass is 10.1. The minimum absolute atomic E-state index is 0.0598. The van der Waals surface area contributed by atoms with Crippen molar-refractivity contribution in [3.63, 3.8) is 0 Å². The van der Waals surface area contributed by atoms with Crippen molar-refractivity contribution < 1.29 is 18.7 Å². The van der Waals surface area contributed by atoms with Crippen LogP contribution in [0.2, 0.25) is 5.02 Å². The minimum Gasteiger partial charge on any atom is -0.463 e. The van der Waals surface area contributed by atoms with E-state index in [1.165, 1.54) is 18.3 Å². The molecule has 0 radical (unpaired) electrons. The number of hydrogen-bond donors (Lipinski definition) is 1. The van der Waals surface area contributed by atoms with Crippen molar-refractivity contribution in [3.8, 4) is 0 Å². The summed E-state index contributed by atoms with van der Waals surface area (Å²) in [6, 6.07) is 4.51. The first kappa shape index (κ1) is 15.8. The lowest BCUT2D eigenvalue weighted by molar-refractivity contribution is -0.137. The Kier molecular flexibility index (Phi) is 4.95. The molecular weight excluding hydrogens is 310 g/mol. The van der Waals surface area contributed by atoms with E-state index in [0.717, 1.165) is 6.08 Å². The molecule has 2 rings (SSSR count). The van der Waals surface area contributed by atoms with Gasteiger partial charge in [-0.3, -0.25) is 9.59 Å². The summed E-state index contributed by atoms with van der Waals surface area (Å²) in [5.74, 6) is -0.618. The maximum atomic E-state index is 12.2. The highest BCUT2D eigenvalue weighted by Gasteiger charge is 2.13. The predicted octanol–water partition coefficient (Wildman–Crippen LogP) is 2.75. The number of benzene rings is 1. The molecule has 0 amide bonds. The van der Waals surface area contributed by atoms with Crippen molar-refractivity contribution in [2.24, 2.45) is 0 Å². The Hall–Kier alpha value is -2.60. The van der Waals surface area contributed by atoms with Gasteiger partial charge in [-0.2, -0.15) is 0 Å². The third kappa shape index (κ3) is 3.35. The summed E-state index contributed by atoms with van der Waals surface area (Å²) in [6.07, 6.45) is 2.72. The fourth-order valence-electron chi connectivity index (χ4n) is 1.77. The topological polar surface area (TPSA) is 85.6 Å². The van der Waals surface area contributed by atoms with E-state index < -0.39 is 11.4 Å². The molecule has 0 spiro atoms. The molecule has 6 nitrogen and oxygen atoms in total. The van der Waals surface area contributed by atoms with Crippen molar-refractivity contribution >= 4 is 40.7 Å². The van der Waals surface area contributed by atoms with Gasteiger partial charge in [0.15, 0.2) is 6.29 Å². The predicted molar refractivity (Wildman–Crippen MR) is 82.3 cm³/mol. The van der Waals surface area contributed by atoms with Crippen LogP contribution in [0.4, 0.5) is 5.88 Å². The van der Waals surface area contributed by atoms with Crippen LogP contribution < -0.4 is 10.7 Å². The number of esters is 1. The molecule has 0 aliphatic carbocycles. The van der Waals surface area contributed by atoms with Crippen LogP contribution >= 0.6 is 11.6 Å². The average molecular weight is 322 g/mol. The van der Waals surface area contributed by atoms with E-state index in [9.17, 15) is 14.4 Å². The SMILES string of the molecule is CCOC(=O)C=CNc1oc2ccc(Cl)cc2c(=O)c1C=O. The third-order valence-corrected chi connectivity index (χ3v) is 2.96. The van der Waals surface area contributed by atoms with Gasteiger partial charge in [-0.1, -0.05) is 11.6 Å². The molecule has 1 heterocycles. The lowest BCUT2D eigenvalue weighted by Gasteiger charge is -2.05. The summed E-state index contributed by atoms with van der Waals surface area (Å²) in [7, 11) is 0. The molecular formula is C15H12ClNO5. The van der Waals surface area contributed by atoms with Crippen molar-refractivity contribution in [2.75, 3.05) is 11.9 Å². The maximum absolute atomic E-state index is 12.2. The van der Waals surface area contributed by atoms with Gasteiger partial charge in [-0.05, 0) is 25.1 Å². The Labute approximate surface area is 130 Å². The van der Waals surface area contributed by atoms with Crippen molar-refractivity contribution in [1.82, 2.24) is 0 Å². The Balaban J connectivity index is 2.41. The highest BCUT2D eigenvalue weighted by molar-refractivity contribution is 6.31. The van der Waals surface area contributed by atoms with Crippen molar-refractivity contribution in [1.29, 1.82) is 0 Å². The molecule has 0 aliphatic rings. The summed E-state index contributed by atoms with van der Waals surface area (Å²) in [6.45, 7) is 1.92. The Morgan fingerprint density at radius 1 is 1.45 bits per heavy atom. The number of nitrogens with one attached hydrogen (secondary N) is 1. The van der Waals surface area contributed by atoms with Gasteiger partial charge >= 0.3 is 5.97 Å². The average Bonchev–Trinajstić information content (AvgIpc) is 2.49. The molecule has 0 bridgehead atoms. The third-order valence-electron chi connectivity index (χ3n) is 2.73. The Bertz CT molecular complexity index is 809. The first-order valence-corrected chi connectivity index (χ1v) is 6.76. The zero-order valence-corrected chi connectivity index (χ0v) is 12.3. The summed E-state index contributed by atoms with van der Waals surface area (Å²) in [4.78, 5) is 34.5. The van der Waals surface area contributed by atoms with E-state index in [0.29, 0.717) is 11.3 Å². The standard InChI is InChI=1S/C15H12ClNO5/c1-2-21-13(19)5-6-17-15-11(8-18)14(20)10-7-9(16)3-4-12(10)22-15/h3-8,17H,2H2,1H3. The second-order valence-corrected chi connectivity index (χ2v) is 4.60. The molecule has 1 aromatic carbocycles. The zero-order chi connectivity index (χ0) is 16.1. The molecule has 114 valence electrons. The van der Waals surface area contributed by atoms with Crippen LogP contribution in [0.25, 0.3) is 11.0 Å². The van der Waals surface area contributed by atoms with Gasteiger partial charge in [0.05, 0.1) is 12.0 Å². The van der Waals surface area contributed by atoms with E-state index in [-0.39, 0.29) is 29.0 Å². The molecule has 22 heavy (non-hydrogen) atoms. The van der Waals surface area contributed by atoms with Gasteiger partial charge in [0.2, 0.25) is 11.3 Å². The van der Waals surface area contributed by atoms with Crippen molar-refractivity contribution in [3.05, 3.63) is 51.3 Å². The Morgan fingerprint density at radius 2 is 2.23 bits per heavy atom. The molecule has 0 unspecified atom stereocenters. The normalized spacial score (nSPS) is 10.8. The lowest BCUT2D eigenvalue weighted by Crippen LogP contribution is -2.11. The van der Waals surface area contributed by atoms with Gasteiger partial charge in [0.25, 0.3) is 0 Å². The summed E-state index contributed by atoms with van der Waals surface area (Å²) in [5.41, 5.74) is -0.430. The van der Waals surface area contributed by atoms with Crippen LogP contribution in [0.1, 0.15) is 17.3 Å². The second-order valence-electron chi connectivity index (χ2n) is 4.16. The van der Waals surface area contributed by atoms with Crippen LogP contribution in [0.15, 0.2) is 39.7 Å². The highest BCUT2D eigenvalue weighted by Crippen LogP contribution is 2.22. The molecule has 0 fully saturated rings. The molecule has 1 aromatic heterocycles. The molecule has 1 N–H and O–H groups in total. The van der Waals surface area contributed by atoms with Gasteiger partial charge in [-0.15, -0.1) is 0 Å². The van der Waals surface area contributed by atoms with Gasteiger partial charge < -0.3 is 14.5 Å². The minimum atomic E-state index is -0.558. The van der Waals surface area contributed by atoms with Gasteiger partial charge in [0, 0.05) is 17.3 Å². The van der Waals surface area contributed by atoms with E-state index in [1.54, 1.807) is 13.0 Å². The number of rotatable bonds is 5. The number of anilines is 1. The number of ether oxygens (including phenoxy) is 1. The van der Waals surface area contributed by atoms with Gasteiger partial charge in [0.1, 0.15) is 11.1 Å². The van der Waals surface area contributed by atoms with Crippen LogP contribution in [-0.4, -0.2) is 18.9 Å². The number of aldehydes is 1. The summed E-state index contributed by atoms with van der Waals surface area (Å²) in [5, 5.41) is 3.15. The van der Waals surface area contributed by atoms with Crippen LogP contribution in [0.3, 0.4) is 0 Å². The first-order chi connectivity index (χ1) is 10.6. The first-order valence-electron chi connectivity index (χ1n) is 6.38. The Morgan fingerprint density at radius 3 is 2.91 bits per heavy atom. The smallest absolute Gasteiger partial charge is 0.332 e. The number of hydrogen-bond acceptors (Lipinski definition) is 6. The van der Waals surface area contributed by atoms with Crippen LogP contribution in [0, 0.1) is 0 Å². The fourth-order valence-corrected chi connectivity index (χ4v) is 1.94. The van der Waals surface area contributed by atoms with E-state index >= 15 is 0 Å². The monoisotopic (exact) mass is 321 g/mol. The molecule has 0 saturated heterocycles. The molecule has 7 heteroatoms. The second kappa shape index (κ2) is 6.91. The quantitative estimate of drug-likeness (QED) is 0.518. The molecule has 0 saturated carbocycles. The van der Waals surface area contributed by atoms with Crippen LogP contribution in [0.5, 0.6) is 0 Å². The van der Waals surface area contributed by atoms with E-state index in [1.807, 2.05) is 0 Å². The largest absolute Gasteiger partial charge is 0.463 e. The highest BCUT2D eigenvalue weighted by atomic mass is 35.5. The maximum Gasteiger partial charge on any atom is 0.332 e. The molecule has 0 atom stereocenters. The molecule has 2 aromatic rings. The summed E-state index contributed by atoms with van der Waals surface area (Å²) < 4.78 is 10.2. The van der Waals surface area contributed by atoms with E-state index in [2.05, 4.69) is 5.32 Å². The van der Waals surface area contributed by atoms with E-state index in [4.69, 9.17) is 20.8 Å².